The van der Waals surface area contributed by atoms with E-state index in [1.165, 1.54) is 6.20 Å². The maximum atomic E-state index is 11.5. The highest BCUT2D eigenvalue weighted by molar-refractivity contribution is 14.1. The number of carbonyl (C=O) groups is 1. The normalized spacial score (nSPS) is 9.33. The summed E-state index contributed by atoms with van der Waals surface area (Å²) in [6, 6.07) is 5.09. The molecule has 1 heterocycles. The molecule has 0 aliphatic carbocycles. The highest BCUT2D eigenvalue weighted by Crippen LogP contribution is 1.98. The Morgan fingerprint density at radius 1 is 1.60 bits per heavy atom. The first-order valence-corrected chi connectivity index (χ1v) is 6.01. The molecule has 0 unspecified atom stereocenters. The van der Waals surface area contributed by atoms with Crippen LogP contribution in [-0.4, -0.2) is 21.9 Å². The molecule has 78 valence electrons. The zero-order valence-corrected chi connectivity index (χ0v) is 10.2. The smallest absolute Gasteiger partial charge is 0.269 e. The van der Waals surface area contributed by atoms with Crippen LogP contribution in [0.15, 0.2) is 18.3 Å². The summed E-state index contributed by atoms with van der Waals surface area (Å²) in [5.41, 5.74) is 0.807. The summed E-state index contributed by atoms with van der Waals surface area (Å²) in [4.78, 5) is 15.4. The van der Waals surface area contributed by atoms with Crippen LogP contribution in [0.2, 0.25) is 0 Å². The van der Waals surface area contributed by atoms with Gasteiger partial charge in [0, 0.05) is 17.2 Å². The molecule has 1 aromatic rings. The lowest BCUT2D eigenvalue weighted by atomic mass is 10.2. The molecule has 4 nitrogen and oxygen atoms in total. The van der Waals surface area contributed by atoms with Crippen molar-refractivity contribution in [3.63, 3.8) is 0 Å². The number of pyridine rings is 1. The Bertz CT molecular complexity index is 369. The van der Waals surface area contributed by atoms with Gasteiger partial charge in [-0.1, -0.05) is 22.6 Å². The molecule has 0 aliphatic rings. The van der Waals surface area contributed by atoms with Crippen molar-refractivity contribution < 1.29 is 4.79 Å². The molecular weight excluding hydrogens is 305 g/mol. The molecule has 0 bridgehead atoms. The second-order valence-electron chi connectivity index (χ2n) is 2.84. The number of amides is 1. The number of hydrogen-bond donors (Lipinski definition) is 1. The third-order valence-electron chi connectivity index (χ3n) is 1.72. The first kappa shape index (κ1) is 11.9. The van der Waals surface area contributed by atoms with Crippen LogP contribution in [0.1, 0.15) is 22.5 Å². The van der Waals surface area contributed by atoms with Gasteiger partial charge in [-0.05, 0) is 18.6 Å². The Labute approximate surface area is 102 Å². The van der Waals surface area contributed by atoms with E-state index in [2.05, 4.69) is 32.9 Å². The summed E-state index contributed by atoms with van der Waals surface area (Å²) in [7, 11) is 0. The van der Waals surface area contributed by atoms with Gasteiger partial charge in [0.1, 0.15) is 11.8 Å². The molecule has 0 atom stereocenters. The van der Waals surface area contributed by atoms with E-state index in [4.69, 9.17) is 5.26 Å². The first-order valence-electron chi connectivity index (χ1n) is 4.48. The minimum absolute atomic E-state index is 0.190. The third kappa shape index (κ3) is 3.83. The largest absolute Gasteiger partial charge is 0.351 e. The molecule has 1 amide bonds. The number of hydrogen-bond acceptors (Lipinski definition) is 3. The highest BCUT2D eigenvalue weighted by Gasteiger charge is 2.05. The summed E-state index contributed by atoms with van der Waals surface area (Å²) in [6.45, 7) is 0.656. The van der Waals surface area contributed by atoms with Gasteiger partial charge in [0.15, 0.2) is 0 Å². The monoisotopic (exact) mass is 315 g/mol. The van der Waals surface area contributed by atoms with Gasteiger partial charge < -0.3 is 5.32 Å². The Hall–Kier alpha value is -1.16. The van der Waals surface area contributed by atoms with Crippen molar-refractivity contribution >= 4 is 28.5 Å². The van der Waals surface area contributed by atoms with E-state index >= 15 is 0 Å². The number of nitrogens with zero attached hydrogens (tertiary/aromatic N) is 2. The van der Waals surface area contributed by atoms with E-state index < -0.39 is 0 Å². The van der Waals surface area contributed by atoms with Gasteiger partial charge in [-0.2, -0.15) is 5.26 Å². The van der Waals surface area contributed by atoms with Crippen LogP contribution in [-0.2, 0) is 0 Å². The molecule has 5 heteroatoms. The van der Waals surface area contributed by atoms with E-state index in [-0.39, 0.29) is 5.91 Å². The van der Waals surface area contributed by atoms with Gasteiger partial charge in [0.2, 0.25) is 0 Å². The lowest BCUT2D eigenvalue weighted by Crippen LogP contribution is -2.25. The van der Waals surface area contributed by atoms with E-state index in [1.807, 2.05) is 6.07 Å². The fourth-order valence-electron chi connectivity index (χ4n) is 0.954. The van der Waals surface area contributed by atoms with Crippen molar-refractivity contribution in [3.05, 3.63) is 29.6 Å². The average Bonchev–Trinajstić information content (AvgIpc) is 2.29. The fourth-order valence-corrected chi connectivity index (χ4v) is 1.34. The Morgan fingerprint density at radius 3 is 2.93 bits per heavy atom. The first-order chi connectivity index (χ1) is 7.27. The third-order valence-corrected chi connectivity index (χ3v) is 2.48. The molecule has 0 spiro atoms. The van der Waals surface area contributed by atoms with E-state index in [0.717, 1.165) is 10.8 Å². The number of carbonyl (C=O) groups excluding carboxylic acids is 1. The number of alkyl halides is 1. The molecule has 0 radical (unpaired) electrons. The number of nitriles is 1. The van der Waals surface area contributed by atoms with Crippen molar-refractivity contribution in [2.45, 2.75) is 6.42 Å². The Morgan fingerprint density at radius 2 is 2.40 bits per heavy atom. The zero-order chi connectivity index (χ0) is 11.1. The lowest BCUT2D eigenvalue weighted by molar-refractivity contribution is 0.0949. The quantitative estimate of drug-likeness (QED) is 0.520. The summed E-state index contributed by atoms with van der Waals surface area (Å²) < 4.78 is 1.01. The van der Waals surface area contributed by atoms with Gasteiger partial charge >= 0.3 is 0 Å². The molecule has 0 aliphatic heterocycles. The van der Waals surface area contributed by atoms with E-state index in [0.29, 0.717) is 17.8 Å². The lowest BCUT2D eigenvalue weighted by Gasteiger charge is -2.02. The molecular formula is C10H10IN3O. The maximum absolute atomic E-state index is 11.5. The summed E-state index contributed by atoms with van der Waals surface area (Å²) in [5, 5.41) is 11.3. The molecule has 0 saturated carbocycles. The number of rotatable bonds is 4. The van der Waals surface area contributed by atoms with Crippen molar-refractivity contribution in [3.8, 4) is 6.07 Å². The fraction of sp³-hybridized carbons (Fsp3) is 0.300. The molecule has 0 fully saturated rings. The number of halogens is 1. The Kier molecular flexibility index (Phi) is 5.04. The maximum Gasteiger partial charge on any atom is 0.269 e. The predicted molar refractivity (Wildman–Crippen MR) is 64.8 cm³/mol. The summed E-state index contributed by atoms with van der Waals surface area (Å²) in [6.07, 6.45) is 2.34. The van der Waals surface area contributed by atoms with Gasteiger partial charge in [-0.25, -0.2) is 4.98 Å². The van der Waals surface area contributed by atoms with Crippen molar-refractivity contribution in [1.29, 1.82) is 5.26 Å². The Balaban J connectivity index is 2.55. The summed E-state index contributed by atoms with van der Waals surface area (Å²) >= 11 is 2.26. The van der Waals surface area contributed by atoms with Crippen molar-refractivity contribution in [2.75, 3.05) is 11.0 Å². The number of aromatic nitrogens is 1. The molecule has 1 aromatic heterocycles. The van der Waals surface area contributed by atoms with Crippen LogP contribution < -0.4 is 5.32 Å². The van der Waals surface area contributed by atoms with Gasteiger partial charge in [-0.3, -0.25) is 4.79 Å². The van der Waals surface area contributed by atoms with Crippen LogP contribution in [0.25, 0.3) is 0 Å². The van der Waals surface area contributed by atoms with Gasteiger partial charge in [0.25, 0.3) is 5.91 Å². The van der Waals surface area contributed by atoms with Crippen molar-refractivity contribution in [1.82, 2.24) is 10.3 Å². The van der Waals surface area contributed by atoms with Crippen LogP contribution >= 0.6 is 22.6 Å². The second kappa shape index (κ2) is 6.35. The highest BCUT2D eigenvalue weighted by atomic mass is 127. The molecule has 15 heavy (non-hydrogen) atoms. The summed E-state index contributed by atoms with van der Waals surface area (Å²) in [5.74, 6) is -0.190. The average molecular weight is 315 g/mol. The zero-order valence-electron chi connectivity index (χ0n) is 8.03. The van der Waals surface area contributed by atoms with Crippen LogP contribution in [0.3, 0.4) is 0 Å². The van der Waals surface area contributed by atoms with Crippen LogP contribution in [0.4, 0.5) is 0 Å². The van der Waals surface area contributed by atoms with Crippen molar-refractivity contribution in [2.24, 2.45) is 0 Å². The molecule has 0 saturated heterocycles. The topological polar surface area (TPSA) is 65.8 Å². The number of nitrogens with one attached hydrogen (secondary N) is 1. The standard InChI is InChI=1S/C10H10IN3O/c11-4-1-5-13-10(15)9-3-2-8(6-12)7-14-9/h2-3,7H,1,4-5H2,(H,13,15). The van der Waals surface area contributed by atoms with Gasteiger partial charge in [-0.15, -0.1) is 0 Å². The minimum atomic E-state index is -0.190. The van der Waals surface area contributed by atoms with Crippen LogP contribution in [0, 0.1) is 11.3 Å². The van der Waals surface area contributed by atoms with E-state index in [1.54, 1.807) is 12.1 Å². The molecule has 0 aromatic carbocycles. The SMILES string of the molecule is N#Cc1ccc(C(=O)NCCCI)nc1. The minimum Gasteiger partial charge on any atom is -0.351 e. The van der Waals surface area contributed by atoms with E-state index in [9.17, 15) is 4.79 Å². The molecule has 1 N–H and O–H groups in total. The molecule has 1 rings (SSSR count). The van der Waals surface area contributed by atoms with Crippen LogP contribution in [0.5, 0.6) is 0 Å². The predicted octanol–water partition coefficient (Wildman–Crippen LogP) is 1.51. The second-order valence-corrected chi connectivity index (χ2v) is 3.92. The van der Waals surface area contributed by atoms with Gasteiger partial charge in [0.05, 0.1) is 5.56 Å².